The third kappa shape index (κ3) is 10.7. The monoisotopic (exact) mass is 1000 g/mol. The first kappa shape index (κ1) is 50.3. The van der Waals surface area contributed by atoms with Gasteiger partial charge < -0.3 is 24.7 Å². The lowest BCUT2D eigenvalue weighted by molar-refractivity contribution is -0.138. The van der Waals surface area contributed by atoms with Crippen LogP contribution in [0.2, 0.25) is 5.02 Å². The highest BCUT2D eigenvalue weighted by Crippen LogP contribution is 2.41. The van der Waals surface area contributed by atoms with Crippen LogP contribution in [0.5, 0.6) is 0 Å². The molecule has 7 rings (SSSR count). The van der Waals surface area contributed by atoms with Crippen LogP contribution >= 0.6 is 22.9 Å². The Morgan fingerprint density at radius 2 is 1.38 bits per heavy atom. The lowest BCUT2D eigenvalue weighted by Gasteiger charge is -2.39. The normalized spacial score (nSPS) is 16.6. The number of piperidine rings is 2. The van der Waals surface area contributed by atoms with Gasteiger partial charge in [-0.3, -0.25) is 14.4 Å². The molecule has 3 N–H and O–H groups in total. The second kappa shape index (κ2) is 21.0. The number of nitrogens with one attached hydrogen (secondary N) is 1. The number of benzene rings is 2. The van der Waals surface area contributed by atoms with Gasteiger partial charge in [-0.05, 0) is 135 Å². The maximum atomic E-state index is 15.6. The van der Waals surface area contributed by atoms with E-state index in [1.165, 1.54) is 25.1 Å². The van der Waals surface area contributed by atoms with Crippen molar-refractivity contribution in [3.05, 3.63) is 106 Å². The summed E-state index contributed by atoms with van der Waals surface area (Å²) < 4.78 is 67.4. The Balaban J connectivity index is 1.31. The standard InChI is InChI=1S/C48H56ClN9O7S3/c1-31-13-21-56(22-14-31)46(60)40(17-25-54-19-5-7-37(54)29-50)53-67(62,63)43-12-9-35(27-33(43)3)44(45(52)59)58(68(64,65)48-34(4)39-28-36(49)10-11-42(39)66-48)41(18-26-55-20-6-8-38(55)30-51)47(61)57-23-15-32(2)16-24-57/h5-12,19-20,27-28,31-32,40-41,44,53H,13-18,21-26H2,1-4H3,(H2,52,59). The molecule has 3 unspecified atom stereocenters. The van der Waals surface area contributed by atoms with Crippen LogP contribution in [0.25, 0.3) is 10.1 Å². The number of fused-ring (bicyclic) bond motifs is 1. The molecule has 5 heterocycles. The van der Waals surface area contributed by atoms with Crippen molar-refractivity contribution in [3.8, 4) is 12.1 Å². The molecule has 0 aliphatic carbocycles. The molecule has 16 nitrogen and oxygen atoms in total. The maximum absolute atomic E-state index is 15.6. The number of likely N-dealkylation sites (tertiary alicyclic amines) is 2. The number of sulfonamides is 2. The largest absolute Gasteiger partial charge is 0.368 e. The number of aryl methyl sites for hydroxylation is 4. The Hall–Kier alpha value is -5.54. The zero-order chi connectivity index (χ0) is 49.1. The van der Waals surface area contributed by atoms with E-state index in [1.807, 2.05) is 0 Å². The van der Waals surface area contributed by atoms with E-state index in [9.17, 15) is 28.5 Å². The number of nitriles is 2. The summed E-state index contributed by atoms with van der Waals surface area (Å²) in [5, 5.41) is 20.4. The molecule has 3 aromatic heterocycles. The number of primary amides is 1. The molecule has 20 heteroatoms. The van der Waals surface area contributed by atoms with Gasteiger partial charge in [0.1, 0.15) is 45.9 Å². The van der Waals surface area contributed by atoms with Crippen LogP contribution in [0.3, 0.4) is 0 Å². The predicted octanol–water partition coefficient (Wildman–Crippen LogP) is 6.45. The number of nitrogens with two attached hydrogens (primary N) is 1. The van der Waals surface area contributed by atoms with Gasteiger partial charge in [0.2, 0.25) is 27.7 Å². The SMILES string of the molecule is Cc1cc(C(C(N)=O)N(C(CCn2cccc2C#N)C(=O)N2CCC(C)CC2)S(=O)(=O)c2sc3ccc(Cl)cc3c2C)ccc1S(=O)(=O)NC(CCn1cccc1C#N)C(=O)N1CCC(C)CC1. The highest BCUT2D eigenvalue weighted by molar-refractivity contribution is 7.91. The van der Waals surface area contributed by atoms with Gasteiger partial charge in [0.15, 0.2) is 0 Å². The molecule has 2 aliphatic heterocycles. The minimum atomic E-state index is -4.83. The number of hydrogen-bond donors (Lipinski definition) is 2. The third-order valence-corrected chi connectivity index (χ3v) is 18.9. The van der Waals surface area contributed by atoms with Gasteiger partial charge in [-0.2, -0.15) is 19.6 Å². The lowest BCUT2D eigenvalue weighted by Crippen LogP contribution is -2.55. The van der Waals surface area contributed by atoms with Crippen molar-refractivity contribution in [1.29, 1.82) is 10.5 Å². The highest BCUT2D eigenvalue weighted by Gasteiger charge is 2.47. The molecular formula is C48H56ClN9O7S3. The summed E-state index contributed by atoms with van der Waals surface area (Å²) in [6.45, 7) is 9.13. The number of nitrogens with zero attached hydrogens (tertiary/aromatic N) is 7. The summed E-state index contributed by atoms with van der Waals surface area (Å²) in [5.41, 5.74) is 7.38. The summed E-state index contributed by atoms with van der Waals surface area (Å²) in [4.78, 5) is 46.3. The minimum Gasteiger partial charge on any atom is -0.368 e. The van der Waals surface area contributed by atoms with Crippen molar-refractivity contribution in [2.75, 3.05) is 26.2 Å². The quantitative estimate of drug-likeness (QED) is 0.104. The average Bonchev–Trinajstić information content (AvgIpc) is 4.06. The molecule has 0 spiro atoms. The van der Waals surface area contributed by atoms with Crippen LogP contribution in [0.15, 0.2) is 82.2 Å². The Bertz CT molecular complexity index is 3010. The number of carbonyl (C=O) groups is 3. The Morgan fingerprint density at radius 1 is 0.824 bits per heavy atom. The molecule has 0 radical (unpaired) electrons. The van der Waals surface area contributed by atoms with E-state index in [0.29, 0.717) is 77.2 Å². The van der Waals surface area contributed by atoms with Crippen molar-refractivity contribution >= 4 is 70.8 Å². The molecule has 0 bridgehead atoms. The van der Waals surface area contributed by atoms with Gasteiger partial charge in [0.25, 0.3) is 10.0 Å². The Labute approximate surface area is 407 Å². The fourth-order valence-corrected chi connectivity index (χ4v) is 14.5. The summed E-state index contributed by atoms with van der Waals surface area (Å²) in [6.07, 6.45) is 6.10. The van der Waals surface area contributed by atoms with Crippen LogP contribution in [0.1, 0.15) is 86.5 Å². The molecule has 360 valence electrons. The van der Waals surface area contributed by atoms with Crippen LogP contribution in [-0.4, -0.2) is 96.1 Å². The fraction of sp³-hybridized carbons (Fsp3) is 0.438. The topological polar surface area (TPSA) is 225 Å². The van der Waals surface area contributed by atoms with E-state index in [2.05, 4.69) is 30.7 Å². The van der Waals surface area contributed by atoms with E-state index in [0.717, 1.165) is 28.5 Å². The molecule has 2 aromatic carbocycles. The van der Waals surface area contributed by atoms with Gasteiger partial charge in [0, 0.05) is 61.4 Å². The van der Waals surface area contributed by atoms with E-state index < -0.39 is 55.9 Å². The van der Waals surface area contributed by atoms with Crippen LogP contribution < -0.4 is 10.5 Å². The molecule has 5 aromatic rings. The van der Waals surface area contributed by atoms with Gasteiger partial charge >= 0.3 is 0 Å². The number of carbonyl (C=O) groups excluding carboxylic acids is 3. The average molecular weight is 1000 g/mol. The molecule has 2 saturated heterocycles. The Morgan fingerprint density at radius 3 is 1.93 bits per heavy atom. The molecule has 68 heavy (non-hydrogen) atoms. The highest BCUT2D eigenvalue weighted by atomic mass is 35.5. The number of aromatic nitrogens is 2. The van der Waals surface area contributed by atoms with Crippen molar-refractivity contribution in [1.82, 2.24) is 28.0 Å². The van der Waals surface area contributed by atoms with E-state index >= 15 is 13.2 Å². The molecule has 2 aliphatic rings. The number of rotatable bonds is 17. The summed E-state index contributed by atoms with van der Waals surface area (Å²) in [6, 6.07) is 15.2. The second-order valence-electron chi connectivity index (χ2n) is 18.0. The minimum absolute atomic E-state index is 0.00906. The number of thiophene rings is 1. The van der Waals surface area contributed by atoms with Crippen LogP contribution in [0, 0.1) is 48.3 Å². The van der Waals surface area contributed by atoms with Crippen molar-refractivity contribution in [2.24, 2.45) is 17.6 Å². The smallest absolute Gasteiger partial charge is 0.254 e. The summed E-state index contributed by atoms with van der Waals surface area (Å²) >= 11 is 7.34. The summed E-state index contributed by atoms with van der Waals surface area (Å²) in [5.74, 6) is -1.31. The van der Waals surface area contributed by atoms with Gasteiger partial charge in [-0.1, -0.05) is 37.6 Å². The first-order valence-electron chi connectivity index (χ1n) is 22.7. The van der Waals surface area contributed by atoms with E-state index in [4.69, 9.17) is 17.3 Å². The molecular weight excluding hydrogens is 946 g/mol. The predicted molar refractivity (Wildman–Crippen MR) is 259 cm³/mol. The van der Waals surface area contributed by atoms with Gasteiger partial charge in [0.05, 0.1) is 4.90 Å². The third-order valence-electron chi connectivity index (χ3n) is 13.3. The van der Waals surface area contributed by atoms with E-state index in [-0.39, 0.29) is 51.9 Å². The lowest BCUT2D eigenvalue weighted by atomic mass is 9.97. The number of hydrogen-bond acceptors (Lipinski definition) is 10. The van der Waals surface area contributed by atoms with Crippen molar-refractivity contribution in [2.45, 2.75) is 107 Å². The van der Waals surface area contributed by atoms with Crippen molar-refractivity contribution < 1.29 is 31.2 Å². The zero-order valence-electron chi connectivity index (χ0n) is 38.5. The van der Waals surface area contributed by atoms with Crippen LogP contribution in [0.4, 0.5) is 0 Å². The van der Waals surface area contributed by atoms with Crippen molar-refractivity contribution in [3.63, 3.8) is 0 Å². The van der Waals surface area contributed by atoms with Gasteiger partial charge in [-0.25, -0.2) is 16.8 Å². The molecule has 3 atom stereocenters. The van der Waals surface area contributed by atoms with E-state index in [1.54, 1.807) is 80.7 Å². The Kier molecular flexibility index (Phi) is 15.5. The zero-order valence-corrected chi connectivity index (χ0v) is 41.7. The number of amides is 3. The second-order valence-corrected chi connectivity index (χ2v) is 23.2. The summed E-state index contributed by atoms with van der Waals surface area (Å²) in [7, 11) is -9.31. The van der Waals surface area contributed by atoms with Crippen LogP contribution in [-0.2, 0) is 47.5 Å². The molecule has 0 saturated carbocycles. The first-order valence-corrected chi connectivity index (χ1v) is 26.8. The first-order chi connectivity index (χ1) is 32.3. The fourth-order valence-electron chi connectivity index (χ4n) is 9.26. The number of halogens is 1. The van der Waals surface area contributed by atoms with Gasteiger partial charge in [-0.15, -0.1) is 11.3 Å². The maximum Gasteiger partial charge on any atom is 0.254 e. The molecule has 3 amide bonds. The molecule has 2 fully saturated rings.